The number of nitrogens with zero attached hydrogens (tertiary/aromatic N) is 2. The Bertz CT molecular complexity index is 817. The number of carbonyl (C=O) groups excluding carboxylic acids is 1. The second-order valence-electron chi connectivity index (χ2n) is 5.99. The van der Waals surface area contributed by atoms with Crippen LogP contribution in [0.1, 0.15) is 11.5 Å². The first-order chi connectivity index (χ1) is 12.1. The summed E-state index contributed by atoms with van der Waals surface area (Å²) in [6.07, 6.45) is 0. The van der Waals surface area contributed by atoms with Gasteiger partial charge in [0.05, 0.1) is 19.3 Å². The number of hydrogen-bond donors (Lipinski definition) is 1. The highest BCUT2D eigenvalue weighted by atomic mass is 16.7. The Labute approximate surface area is 144 Å². The molecule has 0 radical (unpaired) electrons. The standard InChI is InChI=1S/C17H19N3O5/c1-10-12(7-20-4-3-18-15(21)8-20)19-17(25-10)11-5-13(22-2)16-14(6-11)23-9-24-16/h5-6H,3-4,7-9H2,1-2H3,(H,18,21). The van der Waals surface area contributed by atoms with E-state index in [-0.39, 0.29) is 12.7 Å². The third-order valence-corrected chi connectivity index (χ3v) is 4.29. The molecule has 8 nitrogen and oxygen atoms in total. The van der Waals surface area contributed by atoms with E-state index in [0.717, 1.165) is 23.6 Å². The van der Waals surface area contributed by atoms with E-state index in [0.29, 0.717) is 42.8 Å². The minimum atomic E-state index is 0.0353. The number of piperazine rings is 1. The van der Waals surface area contributed by atoms with Gasteiger partial charge in [-0.3, -0.25) is 9.69 Å². The van der Waals surface area contributed by atoms with E-state index < -0.39 is 0 Å². The summed E-state index contributed by atoms with van der Waals surface area (Å²) < 4.78 is 22.1. The van der Waals surface area contributed by atoms with Crippen molar-refractivity contribution >= 4 is 5.91 Å². The number of oxazole rings is 1. The zero-order valence-corrected chi connectivity index (χ0v) is 14.1. The summed E-state index contributed by atoms with van der Waals surface area (Å²) in [6.45, 7) is 4.44. The molecular formula is C17H19N3O5. The van der Waals surface area contributed by atoms with Crippen LogP contribution in [0.5, 0.6) is 17.2 Å². The number of amides is 1. The third-order valence-electron chi connectivity index (χ3n) is 4.29. The topological polar surface area (TPSA) is 86.1 Å². The highest BCUT2D eigenvalue weighted by molar-refractivity contribution is 5.78. The summed E-state index contributed by atoms with van der Waals surface area (Å²) in [4.78, 5) is 18.2. The maximum absolute atomic E-state index is 11.5. The van der Waals surface area contributed by atoms with Crippen LogP contribution < -0.4 is 19.5 Å². The Morgan fingerprint density at radius 2 is 2.24 bits per heavy atom. The van der Waals surface area contributed by atoms with Gasteiger partial charge >= 0.3 is 0 Å². The molecule has 0 saturated carbocycles. The Hall–Kier alpha value is -2.74. The molecule has 2 aliphatic heterocycles. The lowest BCUT2D eigenvalue weighted by Crippen LogP contribution is -2.47. The molecule has 8 heteroatoms. The Morgan fingerprint density at radius 3 is 3.04 bits per heavy atom. The smallest absolute Gasteiger partial charge is 0.234 e. The van der Waals surface area contributed by atoms with Crippen LogP contribution in [-0.2, 0) is 11.3 Å². The van der Waals surface area contributed by atoms with Crippen LogP contribution in [0.2, 0.25) is 0 Å². The lowest BCUT2D eigenvalue weighted by atomic mass is 10.2. The van der Waals surface area contributed by atoms with Crippen LogP contribution in [0, 0.1) is 6.92 Å². The molecule has 0 spiro atoms. The van der Waals surface area contributed by atoms with Crippen LogP contribution in [0.4, 0.5) is 0 Å². The molecule has 1 N–H and O–H groups in total. The molecular weight excluding hydrogens is 326 g/mol. The first kappa shape index (κ1) is 15.8. The summed E-state index contributed by atoms with van der Waals surface area (Å²) in [5.41, 5.74) is 1.58. The lowest BCUT2D eigenvalue weighted by Gasteiger charge is -2.25. The summed E-state index contributed by atoms with van der Waals surface area (Å²) in [5.74, 6) is 3.04. The van der Waals surface area contributed by atoms with Crippen molar-refractivity contribution in [2.45, 2.75) is 13.5 Å². The van der Waals surface area contributed by atoms with Gasteiger partial charge in [0.15, 0.2) is 11.5 Å². The van der Waals surface area contributed by atoms with E-state index in [9.17, 15) is 4.79 Å². The minimum Gasteiger partial charge on any atom is -0.493 e. The normalized spacial score (nSPS) is 16.8. The predicted octanol–water partition coefficient (Wildman–Crippen LogP) is 1.32. The van der Waals surface area contributed by atoms with Crippen LogP contribution >= 0.6 is 0 Å². The van der Waals surface area contributed by atoms with Gasteiger partial charge in [0, 0.05) is 25.2 Å². The van der Waals surface area contributed by atoms with Crippen molar-refractivity contribution in [2.75, 3.05) is 33.5 Å². The summed E-state index contributed by atoms with van der Waals surface area (Å²) in [5, 5.41) is 2.82. The maximum atomic E-state index is 11.5. The molecule has 4 rings (SSSR count). The molecule has 1 fully saturated rings. The average molecular weight is 345 g/mol. The molecule has 1 aromatic carbocycles. The van der Waals surface area contributed by atoms with Crippen LogP contribution in [0.25, 0.3) is 11.5 Å². The van der Waals surface area contributed by atoms with Crippen molar-refractivity contribution < 1.29 is 23.4 Å². The van der Waals surface area contributed by atoms with Crippen molar-refractivity contribution in [1.29, 1.82) is 0 Å². The molecule has 1 amide bonds. The monoisotopic (exact) mass is 345 g/mol. The molecule has 1 saturated heterocycles. The molecule has 2 aliphatic rings. The maximum Gasteiger partial charge on any atom is 0.234 e. The fourth-order valence-corrected chi connectivity index (χ4v) is 2.99. The van der Waals surface area contributed by atoms with Crippen LogP contribution in [-0.4, -0.2) is 49.3 Å². The van der Waals surface area contributed by atoms with Crippen molar-refractivity contribution in [1.82, 2.24) is 15.2 Å². The van der Waals surface area contributed by atoms with Crippen molar-refractivity contribution in [3.8, 4) is 28.7 Å². The molecule has 132 valence electrons. The summed E-state index contributed by atoms with van der Waals surface area (Å²) >= 11 is 0. The van der Waals surface area contributed by atoms with E-state index in [1.54, 1.807) is 7.11 Å². The predicted molar refractivity (Wildman–Crippen MR) is 87.6 cm³/mol. The van der Waals surface area contributed by atoms with Crippen LogP contribution in [0.15, 0.2) is 16.5 Å². The van der Waals surface area contributed by atoms with E-state index in [1.807, 2.05) is 24.0 Å². The molecule has 0 atom stereocenters. The number of ether oxygens (including phenoxy) is 3. The highest BCUT2D eigenvalue weighted by Crippen LogP contribution is 2.44. The first-order valence-corrected chi connectivity index (χ1v) is 8.07. The second kappa shape index (κ2) is 6.29. The number of aromatic nitrogens is 1. The number of hydrogen-bond acceptors (Lipinski definition) is 7. The average Bonchev–Trinajstić information content (AvgIpc) is 3.21. The van der Waals surface area contributed by atoms with Gasteiger partial charge in [-0.25, -0.2) is 4.98 Å². The number of fused-ring (bicyclic) bond motifs is 1. The number of methoxy groups -OCH3 is 1. The zero-order chi connectivity index (χ0) is 17.4. The quantitative estimate of drug-likeness (QED) is 0.894. The van der Waals surface area contributed by atoms with Gasteiger partial charge in [-0.05, 0) is 19.1 Å². The zero-order valence-electron chi connectivity index (χ0n) is 14.1. The largest absolute Gasteiger partial charge is 0.493 e. The van der Waals surface area contributed by atoms with E-state index >= 15 is 0 Å². The number of aryl methyl sites for hydroxylation is 1. The molecule has 1 aromatic heterocycles. The fourth-order valence-electron chi connectivity index (χ4n) is 2.99. The van der Waals surface area contributed by atoms with E-state index in [2.05, 4.69) is 10.3 Å². The molecule has 2 aromatic rings. The lowest BCUT2D eigenvalue weighted by molar-refractivity contribution is -0.124. The number of nitrogens with one attached hydrogen (secondary N) is 1. The van der Waals surface area contributed by atoms with E-state index in [1.165, 1.54) is 0 Å². The molecule has 25 heavy (non-hydrogen) atoms. The number of rotatable bonds is 4. The van der Waals surface area contributed by atoms with Gasteiger partial charge in [0.2, 0.25) is 24.3 Å². The molecule has 0 aliphatic carbocycles. The van der Waals surface area contributed by atoms with Gasteiger partial charge in [-0.2, -0.15) is 0 Å². The Morgan fingerprint density at radius 1 is 1.36 bits per heavy atom. The molecule has 0 bridgehead atoms. The summed E-state index contributed by atoms with van der Waals surface area (Å²) in [6, 6.07) is 3.64. The Balaban J connectivity index is 1.61. The van der Waals surface area contributed by atoms with Crippen LogP contribution in [0.3, 0.4) is 0 Å². The Kier molecular flexibility index (Phi) is 3.96. The summed E-state index contributed by atoms with van der Waals surface area (Å²) in [7, 11) is 1.58. The minimum absolute atomic E-state index is 0.0353. The van der Waals surface area contributed by atoms with Gasteiger partial charge in [-0.1, -0.05) is 0 Å². The van der Waals surface area contributed by atoms with Gasteiger partial charge in [0.1, 0.15) is 5.76 Å². The van der Waals surface area contributed by atoms with Gasteiger partial charge in [0.25, 0.3) is 0 Å². The van der Waals surface area contributed by atoms with Gasteiger partial charge < -0.3 is 23.9 Å². The molecule has 3 heterocycles. The van der Waals surface area contributed by atoms with E-state index in [4.69, 9.17) is 18.6 Å². The van der Waals surface area contributed by atoms with Crippen molar-refractivity contribution in [3.63, 3.8) is 0 Å². The SMILES string of the molecule is COc1cc(-c2nc(CN3CCNC(=O)C3)c(C)o2)cc2c1OCO2. The third kappa shape index (κ3) is 3.00. The second-order valence-corrected chi connectivity index (χ2v) is 5.99. The highest BCUT2D eigenvalue weighted by Gasteiger charge is 2.24. The number of carbonyl (C=O) groups is 1. The van der Waals surface area contributed by atoms with Crippen molar-refractivity contribution in [3.05, 3.63) is 23.6 Å². The van der Waals surface area contributed by atoms with Crippen molar-refractivity contribution in [2.24, 2.45) is 0 Å². The number of benzene rings is 1. The fraction of sp³-hybridized carbons (Fsp3) is 0.412. The van der Waals surface area contributed by atoms with Gasteiger partial charge in [-0.15, -0.1) is 0 Å². The molecule has 0 unspecified atom stereocenters. The first-order valence-electron chi connectivity index (χ1n) is 8.07.